The average Bonchev–Trinajstić information content (AvgIpc) is 3.04. The third kappa shape index (κ3) is 5.99. The van der Waals surface area contributed by atoms with Gasteiger partial charge in [0.1, 0.15) is 0 Å². The molecule has 1 aromatic carbocycles. The molecule has 0 aromatic heterocycles. The standard InChI is InChI=1S/C20H29N3O2.ClH/c21-16-7-6-15(13-16)20(25)23-18-10-8-17(9-11-18)22-19(24)12-14-4-2-1-3-5-14;/h8-11,14-16H,1-7,12-13,21H2,(H,22,24)(H,23,25);1H/t15-,16+;/m0./s1. The highest BCUT2D eigenvalue weighted by atomic mass is 35.5. The van der Waals surface area contributed by atoms with Gasteiger partial charge in [0.05, 0.1) is 0 Å². The van der Waals surface area contributed by atoms with Crippen LogP contribution in [-0.4, -0.2) is 17.9 Å². The molecule has 2 aliphatic rings. The van der Waals surface area contributed by atoms with Crippen molar-refractivity contribution in [3.05, 3.63) is 24.3 Å². The third-order valence-corrected chi connectivity index (χ3v) is 5.48. The predicted molar refractivity (Wildman–Crippen MR) is 107 cm³/mol. The van der Waals surface area contributed by atoms with Crippen molar-refractivity contribution in [2.45, 2.75) is 63.8 Å². The van der Waals surface area contributed by atoms with E-state index in [2.05, 4.69) is 10.6 Å². The summed E-state index contributed by atoms with van der Waals surface area (Å²) >= 11 is 0. The molecule has 0 heterocycles. The molecular weight excluding hydrogens is 350 g/mol. The Morgan fingerprint density at radius 1 is 0.923 bits per heavy atom. The fraction of sp³-hybridized carbons (Fsp3) is 0.600. The fourth-order valence-electron chi connectivity index (χ4n) is 4.00. The first-order valence-corrected chi connectivity index (χ1v) is 9.56. The maximum atomic E-state index is 12.2. The van der Waals surface area contributed by atoms with Gasteiger partial charge >= 0.3 is 0 Å². The lowest BCUT2D eigenvalue weighted by Crippen LogP contribution is -2.23. The van der Waals surface area contributed by atoms with Crippen molar-refractivity contribution in [1.29, 1.82) is 0 Å². The van der Waals surface area contributed by atoms with Crippen LogP contribution in [0.25, 0.3) is 0 Å². The van der Waals surface area contributed by atoms with E-state index in [4.69, 9.17) is 5.73 Å². The Kier molecular flexibility index (Phi) is 7.91. The first-order valence-electron chi connectivity index (χ1n) is 9.56. The lowest BCUT2D eigenvalue weighted by molar-refractivity contribution is -0.120. The van der Waals surface area contributed by atoms with Gasteiger partial charge in [-0.2, -0.15) is 0 Å². The van der Waals surface area contributed by atoms with E-state index in [1.807, 2.05) is 24.3 Å². The van der Waals surface area contributed by atoms with Crippen molar-refractivity contribution in [3.8, 4) is 0 Å². The minimum Gasteiger partial charge on any atom is -0.328 e. The van der Waals surface area contributed by atoms with E-state index in [9.17, 15) is 9.59 Å². The molecule has 0 radical (unpaired) electrons. The van der Waals surface area contributed by atoms with Crippen molar-refractivity contribution < 1.29 is 9.59 Å². The Morgan fingerprint density at radius 3 is 2.12 bits per heavy atom. The smallest absolute Gasteiger partial charge is 0.227 e. The Morgan fingerprint density at radius 2 is 1.54 bits per heavy atom. The van der Waals surface area contributed by atoms with Crippen LogP contribution in [0.2, 0.25) is 0 Å². The molecule has 2 atom stereocenters. The molecule has 0 saturated heterocycles. The molecule has 2 saturated carbocycles. The molecule has 2 amide bonds. The maximum Gasteiger partial charge on any atom is 0.227 e. The fourth-order valence-corrected chi connectivity index (χ4v) is 4.00. The van der Waals surface area contributed by atoms with Crippen molar-refractivity contribution in [2.24, 2.45) is 17.6 Å². The first-order chi connectivity index (χ1) is 12.1. The van der Waals surface area contributed by atoms with Crippen LogP contribution in [0, 0.1) is 11.8 Å². The quantitative estimate of drug-likeness (QED) is 0.720. The number of halogens is 1. The topological polar surface area (TPSA) is 84.2 Å². The summed E-state index contributed by atoms with van der Waals surface area (Å²) in [5.41, 5.74) is 7.41. The van der Waals surface area contributed by atoms with Crippen LogP contribution in [0.3, 0.4) is 0 Å². The molecule has 0 unspecified atom stereocenters. The number of hydrogen-bond acceptors (Lipinski definition) is 3. The Balaban J connectivity index is 0.00000243. The largest absolute Gasteiger partial charge is 0.328 e. The summed E-state index contributed by atoms with van der Waals surface area (Å²) in [5.74, 6) is 0.681. The molecule has 2 fully saturated rings. The van der Waals surface area contributed by atoms with Crippen molar-refractivity contribution in [3.63, 3.8) is 0 Å². The average molecular weight is 380 g/mol. The Bertz CT molecular complexity index is 600. The molecule has 144 valence electrons. The van der Waals surface area contributed by atoms with Crippen molar-refractivity contribution in [1.82, 2.24) is 0 Å². The van der Waals surface area contributed by atoms with Crippen LogP contribution < -0.4 is 16.4 Å². The van der Waals surface area contributed by atoms with Gasteiger partial charge in [0, 0.05) is 29.8 Å². The highest BCUT2D eigenvalue weighted by molar-refractivity contribution is 5.94. The highest BCUT2D eigenvalue weighted by Gasteiger charge is 2.27. The molecule has 0 bridgehead atoms. The molecule has 5 nitrogen and oxygen atoms in total. The molecule has 26 heavy (non-hydrogen) atoms. The minimum atomic E-state index is 0. The summed E-state index contributed by atoms with van der Waals surface area (Å²) in [6.07, 6.45) is 9.30. The summed E-state index contributed by atoms with van der Waals surface area (Å²) in [5, 5.41) is 5.91. The van der Waals surface area contributed by atoms with E-state index in [1.165, 1.54) is 32.1 Å². The van der Waals surface area contributed by atoms with Gasteiger partial charge in [-0.05, 0) is 62.3 Å². The van der Waals surface area contributed by atoms with Gasteiger partial charge in [-0.1, -0.05) is 19.3 Å². The Labute approximate surface area is 161 Å². The third-order valence-electron chi connectivity index (χ3n) is 5.48. The van der Waals surface area contributed by atoms with E-state index in [-0.39, 0.29) is 36.2 Å². The SMILES string of the molecule is Cl.N[C@@H]1CC[C@H](C(=O)Nc2ccc(NC(=O)CC3CCCCC3)cc2)C1. The second-order valence-corrected chi connectivity index (χ2v) is 7.59. The van der Waals surface area contributed by atoms with Gasteiger partial charge in [-0.3, -0.25) is 9.59 Å². The van der Waals surface area contributed by atoms with Crippen LogP contribution in [0.4, 0.5) is 11.4 Å². The van der Waals surface area contributed by atoms with Crippen molar-refractivity contribution in [2.75, 3.05) is 10.6 Å². The number of rotatable bonds is 5. The second kappa shape index (κ2) is 9.93. The summed E-state index contributed by atoms with van der Waals surface area (Å²) in [4.78, 5) is 24.4. The first kappa shape index (κ1) is 20.7. The lowest BCUT2D eigenvalue weighted by Gasteiger charge is -2.20. The monoisotopic (exact) mass is 379 g/mol. The van der Waals surface area contributed by atoms with Crippen LogP contribution in [0.15, 0.2) is 24.3 Å². The zero-order valence-electron chi connectivity index (χ0n) is 15.2. The number of nitrogens with one attached hydrogen (secondary N) is 2. The zero-order chi connectivity index (χ0) is 17.6. The maximum absolute atomic E-state index is 12.2. The molecule has 0 aliphatic heterocycles. The highest BCUT2D eigenvalue weighted by Crippen LogP contribution is 2.27. The number of amides is 2. The summed E-state index contributed by atoms with van der Waals surface area (Å²) in [6, 6.07) is 7.51. The van der Waals surface area contributed by atoms with E-state index < -0.39 is 0 Å². The second-order valence-electron chi connectivity index (χ2n) is 7.59. The number of hydrogen-bond donors (Lipinski definition) is 3. The number of anilines is 2. The number of carbonyl (C=O) groups excluding carboxylic acids is 2. The van der Waals surface area contributed by atoms with Crippen LogP contribution >= 0.6 is 12.4 Å². The lowest BCUT2D eigenvalue weighted by atomic mass is 9.87. The number of carbonyl (C=O) groups is 2. The van der Waals surface area contributed by atoms with Gasteiger partial charge in [-0.15, -0.1) is 12.4 Å². The molecule has 2 aliphatic carbocycles. The molecule has 6 heteroatoms. The number of nitrogens with two attached hydrogens (primary N) is 1. The Hall–Kier alpha value is -1.59. The molecular formula is C20H30ClN3O2. The van der Waals surface area contributed by atoms with Gasteiger partial charge in [0.25, 0.3) is 0 Å². The van der Waals surface area contributed by atoms with E-state index >= 15 is 0 Å². The van der Waals surface area contributed by atoms with E-state index in [1.54, 1.807) is 0 Å². The minimum absolute atomic E-state index is 0. The van der Waals surface area contributed by atoms with Crippen LogP contribution in [0.5, 0.6) is 0 Å². The predicted octanol–water partition coefficient (Wildman–Crippen LogP) is 4.08. The molecule has 4 N–H and O–H groups in total. The summed E-state index contributed by atoms with van der Waals surface area (Å²) in [6.45, 7) is 0. The van der Waals surface area contributed by atoms with Crippen LogP contribution in [0.1, 0.15) is 57.8 Å². The van der Waals surface area contributed by atoms with E-state index in [0.717, 1.165) is 30.6 Å². The number of benzene rings is 1. The van der Waals surface area contributed by atoms with Gasteiger partial charge in [0.15, 0.2) is 0 Å². The van der Waals surface area contributed by atoms with E-state index in [0.29, 0.717) is 12.3 Å². The molecule has 0 spiro atoms. The normalized spacial score (nSPS) is 23.1. The molecule has 1 aromatic rings. The molecule has 3 rings (SSSR count). The van der Waals surface area contributed by atoms with Crippen LogP contribution in [-0.2, 0) is 9.59 Å². The van der Waals surface area contributed by atoms with Crippen molar-refractivity contribution >= 4 is 35.6 Å². The van der Waals surface area contributed by atoms with Gasteiger partial charge < -0.3 is 16.4 Å². The summed E-state index contributed by atoms with van der Waals surface area (Å²) < 4.78 is 0. The summed E-state index contributed by atoms with van der Waals surface area (Å²) in [7, 11) is 0. The van der Waals surface area contributed by atoms with Gasteiger partial charge in [0.2, 0.25) is 11.8 Å². The van der Waals surface area contributed by atoms with Gasteiger partial charge in [-0.25, -0.2) is 0 Å². The zero-order valence-corrected chi connectivity index (χ0v) is 16.0.